The van der Waals surface area contributed by atoms with Crippen molar-refractivity contribution in [2.24, 2.45) is 0 Å². The van der Waals surface area contributed by atoms with Crippen LogP contribution in [0, 0.1) is 0 Å². The van der Waals surface area contributed by atoms with Gasteiger partial charge in [0.1, 0.15) is 6.04 Å². The number of carbonyl (C=O) groups is 3. The fraction of sp³-hybridized carbons (Fsp3) is 0.526. The van der Waals surface area contributed by atoms with Crippen molar-refractivity contribution in [3.05, 3.63) is 29.8 Å². The Hall–Kier alpha value is -2.46. The van der Waals surface area contributed by atoms with E-state index < -0.39 is 33.8 Å². The van der Waals surface area contributed by atoms with E-state index in [1.54, 1.807) is 0 Å². The predicted octanol–water partition coefficient (Wildman–Crippen LogP) is 0.365. The molecule has 1 aromatic rings. The Labute approximate surface area is 170 Å². The third-order valence-electron chi connectivity index (χ3n) is 5.23. The number of sulfonamides is 1. The van der Waals surface area contributed by atoms with E-state index >= 15 is 0 Å². The molecule has 2 saturated heterocycles. The number of hydrogen-bond donors (Lipinski definition) is 1. The van der Waals surface area contributed by atoms with Crippen LogP contribution in [0.3, 0.4) is 0 Å². The molecule has 3 rings (SSSR count). The normalized spacial score (nSPS) is 20.8. The molecule has 2 aliphatic heterocycles. The van der Waals surface area contributed by atoms with E-state index in [2.05, 4.69) is 10.1 Å². The van der Waals surface area contributed by atoms with Crippen LogP contribution in [-0.4, -0.2) is 74.7 Å². The van der Waals surface area contributed by atoms with Crippen LogP contribution in [0.2, 0.25) is 0 Å². The second-order valence-corrected chi connectivity index (χ2v) is 9.01. The zero-order valence-electron chi connectivity index (χ0n) is 16.3. The molecular weight excluding hydrogens is 398 g/mol. The molecule has 1 atom stereocenters. The number of nitrogens with zero attached hydrogens (tertiary/aromatic N) is 2. The van der Waals surface area contributed by atoms with Gasteiger partial charge >= 0.3 is 5.97 Å². The van der Waals surface area contributed by atoms with Gasteiger partial charge in [0.15, 0.2) is 0 Å². The first-order valence-corrected chi connectivity index (χ1v) is 11.0. The van der Waals surface area contributed by atoms with E-state index in [0.29, 0.717) is 13.1 Å². The fourth-order valence-corrected chi connectivity index (χ4v) is 5.11. The average molecular weight is 423 g/mol. The van der Waals surface area contributed by atoms with E-state index in [4.69, 9.17) is 0 Å². The van der Waals surface area contributed by atoms with Gasteiger partial charge in [-0.15, -0.1) is 0 Å². The number of amides is 2. The quantitative estimate of drug-likeness (QED) is 0.685. The summed E-state index contributed by atoms with van der Waals surface area (Å²) in [5.41, 5.74) is 0.257. The van der Waals surface area contributed by atoms with Crippen LogP contribution in [0.4, 0.5) is 0 Å². The maximum absolute atomic E-state index is 12.9. The van der Waals surface area contributed by atoms with Crippen molar-refractivity contribution in [2.75, 3.05) is 33.3 Å². The van der Waals surface area contributed by atoms with Crippen molar-refractivity contribution in [1.82, 2.24) is 14.5 Å². The lowest BCUT2D eigenvalue weighted by atomic mass is 10.1. The van der Waals surface area contributed by atoms with Crippen LogP contribution in [0.25, 0.3) is 0 Å². The van der Waals surface area contributed by atoms with E-state index in [1.165, 1.54) is 40.6 Å². The highest BCUT2D eigenvalue weighted by atomic mass is 32.2. The highest BCUT2D eigenvalue weighted by Crippen LogP contribution is 2.22. The molecule has 0 saturated carbocycles. The number of piperazine rings is 1. The zero-order valence-corrected chi connectivity index (χ0v) is 17.1. The molecule has 1 aromatic carbocycles. The Morgan fingerprint density at radius 1 is 1.10 bits per heavy atom. The van der Waals surface area contributed by atoms with Crippen molar-refractivity contribution in [1.29, 1.82) is 0 Å². The summed E-state index contributed by atoms with van der Waals surface area (Å²) in [5.74, 6) is -1.44. The average Bonchev–Trinajstić information content (AvgIpc) is 2.75. The summed E-state index contributed by atoms with van der Waals surface area (Å²) in [4.78, 5) is 38.2. The molecule has 2 fully saturated rings. The van der Waals surface area contributed by atoms with Gasteiger partial charge in [-0.1, -0.05) is 6.42 Å². The summed E-state index contributed by atoms with van der Waals surface area (Å²) in [7, 11) is -2.37. The van der Waals surface area contributed by atoms with Crippen LogP contribution >= 0.6 is 0 Å². The Morgan fingerprint density at radius 3 is 2.38 bits per heavy atom. The van der Waals surface area contributed by atoms with Crippen molar-refractivity contribution in [3.8, 4) is 0 Å². The van der Waals surface area contributed by atoms with Crippen molar-refractivity contribution >= 4 is 27.8 Å². The number of esters is 1. The first-order chi connectivity index (χ1) is 13.8. The molecular formula is C19H25N3O6S. The molecule has 2 amide bonds. The number of rotatable bonds is 5. The van der Waals surface area contributed by atoms with Gasteiger partial charge in [-0.05, 0) is 37.1 Å². The summed E-state index contributed by atoms with van der Waals surface area (Å²) in [6, 6.07) is 4.76. The maximum atomic E-state index is 12.9. The summed E-state index contributed by atoms with van der Waals surface area (Å²) in [6.45, 7) is 1.53. The number of ether oxygens (including phenoxy) is 1. The lowest BCUT2D eigenvalue weighted by Gasteiger charge is -2.34. The molecule has 2 heterocycles. The Bertz CT molecular complexity index is 878. The largest absolute Gasteiger partial charge is 0.469 e. The second-order valence-electron chi connectivity index (χ2n) is 7.07. The molecule has 0 unspecified atom stereocenters. The zero-order chi connectivity index (χ0) is 21.0. The van der Waals surface area contributed by atoms with Gasteiger partial charge in [0.25, 0.3) is 5.91 Å². The van der Waals surface area contributed by atoms with Crippen LogP contribution in [0.1, 0.15) is 36.0 Å². The molecule has 0 bridgehead atoms. The minimum absolute atomic E-state index is 0.137. The van der Waals surface area contributed by atoms with Crippen molar-refractivity contribution in [3.63, 3.8) is 0 Å². The van der Waals surface area contributed by atoms with E-state index in [1.807, 2.05) is 0 Å². The SMILES string of the molecule is COC(=O)C[C@@H]1C(=O)NCCN1C(=O)c1ccc(S(=O)(=O)N2CCCCC2)cc1. The van der Waals surface area contributed by atoms with Crippen LogP contribution in [0.15, 0.2) is 29.2 Å². The van der Waals surface area contributed by atoms with Gasteiger partial charge < -0.3 is 15.0 Å². The summed E-state index contributed by atoms with van der Waals surface area (Å²) in [5, 5.41) is 2.64. The molecule has 0 aliphatic carbocycles. The molecule has 2 aliphatic rings. The molecule has 9 nitrogen and oxygen atoms in total. The predicted molar refractivity (Wildman–Crippen MR) is 104 cm³/mol. The van der Waals surface area contributed by atoms with Crippen molar-refractivity contribution in [2.45, 2.75) is 36.6 Å². The van der Waals surface area contributed by atoms with Crippen LogP contribution in [-0.2, 0) is 24.3 Å². The Balaban J connectivity index is 1.78. The van der Waals surface area contributed by atoms with Gasteiger partial charge in [0.2, 0.25) is 15.9 Å². The van der Waals surface area contributed by atoms with Gasteiger partial charge in [0.05, 0.1) is 18.4 Å². The Morgan fingerprint density at radius 2 is 1.76 bits per heavy atom. The van der Waals surface area contributed by atoms with Gasteiger partial charge in [-0.3, -0.25) is 14.4 Å². The van der Waals surface area contributed by atoms with Crippen LogP contribution in [0.5, 0.6) is 0 Å². The highest BCUT2D eigenvalue weighted by molar-refractivity contribution is 7.89. The molecule has 0 radical (unpaired) electrons. The minimum Gasteiger partial charge on any atom is -0.469 e. The fourth-order valence-electron chi connectivity index (χ4n) is 3.59. The molecule has 0 spiro atoms. The van der Waals surface area contributed by atoms with Gasteiger partial charge in [-0.25, -0.2) is 8.42 Å². The number of nitrogens with one attached hydrogen (secondary N) is 1. The number of benzene rings is 1. The third kappa shape index (κ3) is 4.59. The lowest BCUT2D eigenvalue weighted by molar-refractivity contribution is -0.145. The van der Waals surface area contributed by atoms with E-state index in [0.717, 1.165) is 19.3 Å². The number of methoxy groups -OCH3 is 1. The standard InChI is InChI=1S/C19H25N3O6S/c1-28-17(23)13-16-18(24)20-9-12-22(16)19(25)14-5-7-15(8-6-14)29(26,27)21-10-3-2-4-11-21/h5-8,16H,2-4,9-13H2,1H3,(H,20,24)/t16-/m1/s1. The van der Waals surface area contributed by atoms with Crippen molar-refractivity contribution < 1.29 is 27.5 Å². The number of piperidine rings is 1. The van der Waals surface area contributed by atoms with E-state index in [9.17, 15) is 22.8 Å². The third-order valence-corrected chi connectivity index (χ3v) is 7.15. The summed E-state index contributed by atoms with van der Waals surface area (Å²) < 4.78 is 31.6. The minimum atomic E-state index is -3.59. The van der Waals surface area contributed by atoms with Gasteiger partial charge in [-0.2, -0.15) is 4.31 Å². The molecule has 29 heavy (non-hydrogen) atoms. The van der Waals surface area contributed by atoms with Gasteiger partial charge in [0, 0.05) is 31.7 Å². The smallest absolute Gasteiger partial charge is 0.308 e. The first-order valence-electron chi connectivity index (χ1n) is 9.60. The topological polar surface area (TPSA) is 113 Å². The molecule has 1 N–H and O–H groups in total. The maximum Gasteiger partial charge on any atom is 0.308 e. The monoisotopic (exact) mass is 423 g/mol. The first kappa shape index (κ1) is 21.3. The molecule has 158 valence electrons. The Kier molecular flexibility index (Phi) is 6.53. The highest BCUT2D eigenvalue weighted by Gasteiger charge is 2.35. The molecule has 10 heteroatoms. The number of hydrogen-bond acceptors (Lipinski definition) is 6. The lowest BCUT2D eigenvalue weighted by Crippen LogP contribution is -2.57. The van der Waals surface area contributed by atoms with Crippen LogP contribution < -0.4 is 5.32 Å². The summed E-state index contributed by atoms with van der Waals surface area (Å²) >= 11 is 0. The van der Waals surface area contributed by atoms with E-state index in [-0.39, 0.29) is 30.0 Å². The second kappa shape index (κ2) is 8.91. The molecule has 0 aromatic heterocycles. The summed E-state index contributed by atoms with van der Waals surface area (Å²) in [6.07, 6.45) is 2.47. The number of carbonyl (C=O) groups excluding carboxylic acids is 3.